The molecule has 136 valence electrons. The lowest BCUT2D eigenvalue weighted by Crippen LogP contribution is -2.46. The quantitative estimate of drug-likeness (QED) is 0.706. The number of imidazole rings is 1. The molecule has 5 rings (SSSR count). The summed E-state index contributed by atoms with van der Waals surface area (Å²) < 4.78 is 6.85. The zero-order valence-electron chi connectivity index (χ0n) is 14.7. The number of hydrogen-bond donors (Lipinski definition) is 1. The van der Waals surface area contributed by atoms with Gasteiger partial charge in [0.05, 0.1) is 6.54 Å². The Balaban J connectivity index is 1.33. The molecule has 0 amide bonds. The third-order valence-electron chi connectivity index (χ3n) is 4.97. The molecule has 2 fully saturated rings. The normalized spacial score (nSPS) is 18.6. The number of aryl methyl sites for hydroxylation is 1. The second kappa shape index (κ2) is 6.20. The van der Waals surface area contributed by atoms with Crippen LogP contribution < -0.4 is 10.2 Å². The standard InChI is InChI=1S/C16H21N9O/c1-23-5-4-17-12(23)10-24-6-8-25(9-7-24)16-15(18-11-2-3-11)19-13-14(20-16)22-26-21-13/h4-5,11H,2-3,6-10H2,1H3,(H,18,19,21). The Hall–Kier alpha value is -2.75. The van der Waals surface area contributed by atoms with E-state index in [0.29, 0.717) is 17.3 Å². The van der Waals surface area contributed by atoms with Gasteiger partial charge >= 0.3 is 0 Å². The monoisotopic (exact) mass is 355 g/mol. The van der Waals surface area contributed by atoms with Crippen molar-refractivity contribution in [2.24, 2.45) is 7.05 Å². The summed E-state index contributed by atoms with van der Waals surface area (Å²) >= 11 is 0. The van der Waals surface area contributed by atoms with E-state index in [-0.39, 0.29) is 0 Å². The topological polar surface area (TPSA) is 101 Å². The Labute approximate surface area is 150 Å². The maximum absolute atomic E-state index is 4.78. The molecule has 4 heterocycles. The van der Waals surface area contributed by atoms with Gasteiger partial charge < -0.3 is 14.8 Å². The Morgan fingerprint density at radius 1 is 1.12 bits per heavy atom. The first-order valence-corrected chi connectivity index (χ1v) is 8.96. The zero-order valence-corrected chi connectivity index (χ0v) is 14.7. The Morgan fingerprint density at radius 3 is 2.58 bits per heavy atom. The van der Waals surface area contributed by atoms with Gasteiger partial charge in [-0.1, -0.05) is 0 Å². The van der Waals surface area contributed by atoms with E-state index >= 15 is 0 Å². The SMILES string of the molecule is Cn1ccnc1CN1CCN(c2nc3nonc3nc2NC2CC2)CC1. The molecule has 3 aromatic heterocycles. The van der Waals surface area contributed by atoms with Crippen molar-refractivity contribution >= 4 is 22.9 Å². The fourth-order valence-electron chi connectivity index (χ4n) is 3.23. The van der Waals surface area contributed by atoms with Gasteiger partial charge in [-0.25, -0.2) is 19.6 Å². The van der Waals surface area contributed by atoms with Crippen LogP contribution in [0, 0.1) is 0 Å². The summed E-state index contributed by atoms with van der Waals surface area (Å²) in [4.78, 5) is 18.3. The largest absolute Gasteiger partial charge is 0.364 e. The molecule has 0 unspecified atom stereocenters. The number of anilines is 2. The molecule has 1 N–H and O–H groups in total. The van der Waals surface area contributed by atoms with E-state index in [1.165, 1.54) is 12.8 Å². The molecule has 1 aliphatic carbocycles. The number of fused-ring (bicyclic) bond motifs is 1. The highest BCUT2D eigenvalue weighted by atomic mass is 16.6. The molecule has 1 aliphatic heterocycles. The minimum absolute atomic E-state index is 0.449. The van der Waals surface area contributed by atoms with Gasteiger partial charge in [-0.2, -0.15) is 0 Å². The van der Waals surface area contributed by atoms with Gasteiger partial charge in [-0.05, 0) is 23.2 Å². The first-order chi connectivity index (χ1) is 12.8. The molecule has 10 nitrogen and oxygen atoms in total. The Kier molecular flexibility index (Phi) is 3.70. The predicted octanol–water partition coefficient (Wildman–Crippen LogP) is 0.643. The third kappa shape index (κ3) is 2.96. The van der Waals surface area contributed by atoms with Crippen LogP contribution in [0.5, 0.6) is 0 Å². The van der Waals surface area contributed by atoms with Crippen LogP contribution in [0.1, 0.15) is 18.7 Å². The van der Waals surface area contributed by atoms with Crippen LogP contribution in [-0.4, -0.2) is 67.0 Å². The lowest BCUT2D eigenvalue weighted by Gasteiger charge is -2.35. The minimum atomic E-state index is 0.449. The molecular weight excluding hydrogens is 334 g/mol. The van der Waals surface area contributed by atoms with Gasteiger partial charge in [0.2, 0.25) is 11.3 Å². The fourth-order valence-corrected chi connectivity index (χ4v) is 3.23. The van der Waals surface area contributed by atoms with E-state index in [0.717, 1.165) is 50.2 Å². The number of hydrogen-bond acceptors (Lipinski definition) is 9. The summed E-state index contributed by atoms with van der Waals surface area (Å²) in [5, 5.41) is 11.1. The van der Waals surface area contributed by atoms with E-state index in [9.17, 15) is 0 Å². The van der Waals surface area contributed by atoms with Crippen molar-refractivity contribution in [3.8, 4) is 0 Å². The van der Waals surface area contributed by atoms with E-state index in [1.807, 2.05) is 19.4 Å². The van der Waals surface area contributed by atoms with Gasteiger partial charge in [0.1, 0.15) is 5.82 Å². The first-order valence-electron chi connectivity index (χ1n) is 8.96. The molecule has 0 bridgehead atoms. The maximum atomic E-state index is 4.78. The molecule has 2 aliphatic rings. The van der Waals surface area contributed by atoms with E-state index in [1.54, 1.807) is 0 Å². The van der Waals surface area contributed by atoms with Crippen molar-refractivity contribution in [2.75, 3.05) is 36.4 Å². The average Bonchev–Trinajstić information content (AvgIpc) is 3.19. The molecule has 1 saturated carbocycles. The van der Waals surface area contributed by atoms with Crippen molar-refractivity contribution in [1.82, 2.24) is 34.7 Å². The second-order valence-electron chi connectivity index (χ2n) is 6.94. The summed E-state index contributed by atoms with van der Waals surface area (Å²) in [7, 11) is 2.03. The average molecular weight is 355 g/mol. The number of rotatable bonds is 5. The number of aromatic nitrogens is 6. The van der Waals surface area contributed by atoms with Crippen LogP contribution in [0.15, 0.2) is 17.0 Å². The van der Waals surface area contributed by atoms with Gasteiger partial charge in [-0.15, -0.1) is 0 Å². The summed E-state index contributed by atoms with van der Waals surface area (Å²) in [5.74, 6) is 2.72. The predicted molar refractivity (Wildman–Crippen MR) is 94.7 cm³/mol. The second-order valence-corrected chi connectivity index (χ2v) is 6.94. The molecule has 0 spiro atoms. The van der Waals surface area contributed by atoms with Crippen LogP contribution in [0.3, 0.4) is 0 Å². The van der Waals surface area contributed by atoms with Gasteiger partial charge in [-0.3, -0.25) is 4.90 Å². The molecule has 0 aromatic carbocycles. The molecule has 10 heteroatoms. The molecule has 3 aromatic rings. The number of nitrogens with one attached hydrogen (secondary N) is 1. The highest BCUT2D eigenvalue weighted by Crippen LogP contribution is 2.30. The highest BCUT2D eigenvalue weighted by Gasteiger charge is 2.27. The highest BCUT2D eigenvalue weighted by molar-refractivity contribution is 5.74. The van der Waals surface area contributed by atoms with Crippen LogP contribution >= 0.6 is 0 Å². The van der Waals surface area contributed by atoms with Crippen molar-refractivity contribution in [2.45, 2.75) is 25.4 Å². The maximum Gasteiger partial charge on any atom is 0.245 e. The van der Waals surface area contributed by atoms with Gasteiger partial charge in [0.25, 0.3) is 0 Å². The zero-order chi connectivity index (χ0) is 17.5. The molecule has 0 atom stereocenters. The van der Waals surface area contributed by atoms with Crippen molar-refractivity contribution in [1.29, 1.82) is 0 Å². The van der Waals surface area contributed by atoms with Gasteiger partial charge in [0.15, 0.2) is 11.6 Å². The Morgan fingerprint density at radius 2 is 1.88 bits per heavy atom. The lowest BCUT2D eigenvalue weighted by atomic mass is 10.3. The van der Waals surface area contributed by atoms with E-state index < -0.39 is 0 Å². The first kappa shape index (κ1) is 15.5. The number of piperazine rings is 1. The van der Waals surface area contributed by atoms with E-state index in [2.05, 4.69) is 44.9 Å². The van der Waals surface area contributed by atoms with Crippen molar-refractivity contribution < 1.29 is 4.63 Å². The van der Waals surface area contributed by atoms with Crippen LogP contribution in [-0.2, 0) is 13.6 Å². The third-order valence-corrected chi connectivity index (χ3v) is 4.97. The van der Waals surface area contributed by atoms with Crippen LogP contribution in [0.2, 0.25) is 0 Å². The van der Waals surface area contributed by atoms with Crippen LogP contribution in [0.4, 0.5) is 11.6 Å². The molecular formula is C16H21N9O. The minimum Gasteiger partial charge on any atom is -0.364 e. The summed E-state index contributed by atoms with van der Waals surface area (Å²) in [6.07, 6.45) is 6.18. The van der Waals surface area contributed by atoms with Crippen molar-refractivity contribution in [3.05, 3.63) is 18.2 Å². The summed E-state index contributed by atoms with van der Waals surface area (Å²) in [6, 6.07) is 0.491. The Bertz CT molecular complexity index is 907. The fraction of sp³-hybridized carbons (Fsp3) is 0.562. The smallest absolute Gasteiger partial charge is 0.245 e. The molecule has 26 heavy (non-hydrogen) atoms. The summed E-state index contributed by atoms with van der Waals surface area (Å²) in [6.45, 7) is 4.53. The van der Waals surface area contributed by atoms with E-state index in [4.69, 9.17) is 4.63 Å². The molecule has 0 radical (unpaired) electrons. The lowest BCUT2D eigenvalue weighted by molar-refractivity contribution is 0.241. The van der Waals surface area contributed by atoms with Gasteiger partial charge in [0, 0.05) is 51.7 Å². The van der Waals surface area contributed by atoms with Crippen molar-refractivity contribution in [3.63, 3.8) is 0 Å². The molecule has 1 saturated heterocycles. The number of nitrogens with zero attached hydrogens (tertiary/aromatic N) is 8. The summed E-state index contributed by atoms with van der Waals surface area (Å²) in [5.41, 5.74) is 0.905. The van der Waals surface area contributed by atoms with Crippen LogP contribution in [0.25, 0.3) is 11.3 Å².